The van der Waals surface area contributed by atoms with Crippen LogP contribution in [0.3, 0.4) is 0 Å². The van der Waals surface area contributed by atoms with Crippen molar-refractivity contribution in [3.63, 3.8) is 0 Å². The van der Waals surface area contributed by atoms with Crippen LogP contribution >= 0.6 is 11.6 Å². The van der Waals surface area contributed by atoms with E-state index in [0.29, 0.717) is 0 Å². The molecule has 1 atom stereocenters. The van der Waals surface area contributed by atoms with E-state index in [0.717, 1.165) is 18.3 Å². The van der Waals surface area contributed by atoms with Crippen LogP contribution in [0, 0.1) is 5.82 Å². The van der Waals surface area contributed by atoms with Gasteiger partial charge in [0, 0.05) is 5.56 Å². The fraction of sp³-hybridized carbons (Fsp3) is 0.308. The summed E-state index contributed by atoms with van der Waals surface area (Å²) in [6, 6.07) is 1.67. The van der Waals surface area contributed by atoms with Crippen molar-refractivity contribution >= 4 is 47.1 Å². The Morgan fingerprint density at radius 3 is 2.30 bits per heavy atom. The summed E-state index contributed by atoms with van der Waals surface area (Å²) in [5.41, 5.74) is -0.689. The first-order valence-corrected chi connectivity index (χ1v) is 7.64. The molecule has 126 valence electrons. The lowest BCUT2D eigenvalue weighted by Gasteiger charge is -2.18. The number of halogens is 2. The number of carbonyl (C=O) groups is 2. The van der Waals surface area contributed by atoms with E-state index in [1.54, 1.807) is 20.8 Å². The van der Waals surface area contributed by atoms with Crippen LogP contribution in [0.1, 0.15) is 26.3 Å². The number of carboxylic acid groups (broad SMARTS) is 2. The molecule has 0 fully saturated rings. The molecule has 1 unspecified atom stereocenters. The number of hydrogen-bond donors (Lipinski definition) is 2. The van der Waals surface area contributed by atoms with Crippen LogP contribution in [0.15, 0.2) is 16.5 Å². The number of amides is 2. The van der Waals surface area contributed by atoms with E-state index in [2.05, 4.69) is 4.40 Å². The van der Waals surface area contributed by atoms with E-state index in [1.807, 2.05) is 0 Å². The van der Waals surface area contributed by atoms with Gasteiger partial charge in [-0.3, -0.25) is 0 Å². The van der Waals surface area contributed by atoms with Gasteiger partial charge >= 0.3 is 12.2 Å². The Kier molecular flexibility index (Phi) is 5.98. The molecule has 0 aliphatic rings. The van der Waals surface area contributed by atoms with Crippen LogP contribution in [0.2, 0.25) is 5.02 Å². The number of hydrogen-bond acceptors (Lipinski definition) is 4. The molecule has 0 saturated heterocycles. The second-order valence-corrected chi connectivity index (χ2v) is 7.66. The van der Waals surface area contributed by atoms with Gasteiger partial charge in [-0.25, -0.2) is 14.0 Å². The third-order valence-corrected chi connectivity index (χ3v) is 4.17. The zero-order valence-corrected chi connectivity index (χ0v) is 14.0. The van der Waals surface area contributed by atoms with Crippen molar-refractivity contribution in [2.75, 3.05) is 4.90 Å². The zero-order chi connectivity index (χ0) is 17.9. The Hall–Kier alpha value is -1.84. The Balaban J connectivity index is 3.32. The van der Waals surface area contributed by atoms with Gasteiger partial charge in [0.1, 0.15) is 21.9 Å². The van der Waals surface area contributed by atoms with Crippen LogP contribution in [-0.4, -0.2) is 37.9 Å². The third kappa shape index (κ3) is 4.81. The number of benzene rings is 1. The fourth-order valence-electron chi connectivity index (χ4n) is 1.37. The molecule has 2 N–H and O–H groups in total. The molecule has 1 rings (SSSR count). The third-order valence-electron chi connectivity index (χ3n) is 2.50. The summed E-state index contributed by atoms with van der Waals surface area (Å²) < 4.78 is 28.8. The second-order valence-electron chi connectivity index (χ2n) is 5.32. The van der Waals surface area contributed by atoms with Crippen LogP contribution in [0.4, 0.5) is 19.7 Å². The van der Waals surface area contributed by atoms with Gasteiger partial charge in [-0.05, 0) is 32.9 Å². The molecular weight excluding hydrogens is 351 g/mol. The quantitative estimate of drug-likeness (QED) is 0.629. The summed E-state index contributed by atoms with van der Waals surface area (Å²) in [4.78, 5) is 21.7. The van der Waals surface area contributed by atoms with Crippen LogP contribution < -0.4 is 4.90 Å². The van der Waals surface area contributed by atoms with E-state index in [9.17, 15) is 18.5 Å². The Morgan fingerprint density at radius 2 is 1.87 bits per heavy atom. The Morgan fingerprint density at radius 1 is 1.35 bits per heavy atom. The molecule has 0 saturated carbocycles. The average molecular weight is 365 g/mol. The lowest BCUT2D eigenvalue weighted by Crippen LogP contribution is -2.35. The van der Waals surface area contributed by atoms with E-state index >= 15 is 0 Å². The minimum Gasteiger partial charge on any atom is -0.591 e. The highest BCUT2D eigenvalue weighted by Gasteiger charge is 2.28. The number of imide groups is 1. The van der Waals surface area contributed by atoms with Crippen molar-refractivity contribution in [3.8, 4) is 0 Å². The van der Waals surface area contributed by atoms with Crippen LogP contribution in [0.5, 0.6) is 0 Å². The van der Waals surface area contributed by atoms with E-state index in [-0.39, 0.29) is 15.5 Å². The van der Waals surface area contributed by atoms with Crippen molar-refractivity contribution in [1.82, 2.24) is 0 Å². The minimum absolute atomic E-state index is 0.0353. The summed E-state index contributed by atoms with van der Waals surface area (Å²) in [5.74, 6) is -1.13. The van der Waals surface area contributed by atoms with Crippen molar-refractivity contribution < 1.29 is 28.7 Å². The highest BCUT2D eigenvalue weighted by Crippen LogP contribution is 2.27. The molecule has 7 nitrogen and oxygen atoms in total. The lowest BCUT2D eigenvalue weighted by atomic mass is 10.2. The normalized spacial score (nSPS) is 13.1. The molecule has 0 aliphatic heterocycles. The van der Waals surface area contributed by atoms with Crippen molar-refractivity contribution in [1.29, 1.82) is 0 Å². The number of nitrogens with zero attached hydrogens (tertiary/aromatic N) is 2. The molecule has 0 aliphatic carbocycles. The molecule has 0 heterocycles. The van der Waals surface area contributed by atoms with Gasteiger partial charge in [0.25, 0.3) is 0 Å². The summed E-state index contributed by atoms with van der Waals surface area (Å²) in [5, 5.41) is 17.6. The van der Waals surface area contributed by atoms with E-state index < -0.39 is 39.8 Å². The van der Waals surface area contributed by atoms with Crippen LogP contribution in [-0.2, 0) is 11.4 Å². The fourth-order valence-corrected chi connectivity index (χ4v) is 2.10. The van der Waals surface area contributed by atoms with Crippen molar-refractivity contribution in [2.24, 2.45) is 4.40 Å². The maximum atomic E-state index is 13.8. The monoisotopic (exact) mass is 364 g/mol. The maximum absolute atomic E-state index is 13.8. The summed E-state index contributed by atoms with van der Waals surface area (Å²) in [6.45, 7) is 5.07. The Bertz CT molecular complexity index is 649. The summed E-state index contributed by atoms with van der Waals surface area (Å²) in [7, 11) is 0. The molecule has 0 radical (unpaired) electrons. The molecule has 23 heavy (non-hydrogen) atoms. The summed E-state index contributed by atoms with van der Waals surface area (Å²) >= 11 is 4.20. The van der Waals surface area contributed by atoms with Gasteiger partial charge < -0.3 is 14.8 Å². The Labute approximate surface area is 139 Å². The molecule has 0 aromatic heterocycles. The lowest BCUT2D eigenvalue weighted by molar-refractivity contribution is 0.184. The van der Waals surface area contributed by atoms with E-state index in [1.165, 1.54) is 0 Å². The predicted octanol–water partition coefficient (Wildman–Crippen LogP) is 3.52. The first-order valence-electron chi connectivity index (χ1n) is 6.16. The molecule has 1 aromatic rings. The molecule has 0 spiro atoms. The van der Waals surface area contributed by atoms with Gasteiger partial charge in [-0.2, -0.15) is 4.90 Å². The largest absolute Gasteiger partial charge is 0.591 e. The molecule has 1 aromatic carbocycles. The van der Waals surface area contributed by atoms with Gasteiger partial charge in [0.2, 0.25) is 0 Å². The van der Waals surface area contributed by atoms with Crippen molar-refractivity contribution in [3.05, 3.63) is 28.5 Å². The first kappa shape index (κ1) is 19.2. The maximum Gasteiger partial charge on any atom is 0.421 e. The first-order chi connectivity index (χ1) is 10.4. The topological polar surface area (TPSA) is 113 Å². The molecule has 2 amide bonds. The number of anilines is 1. The van der Waals surface area contributed by atoms with Crippen molar-refractivity contribution in [2.45, 2.75) is 25.5 Å². The van der Waals surface area contributed by atoms with Gasteiger partial charge in [0.15, 0.2) is 0 Å². The minimum atomic E-state index is -1.88. The smallest absolute Gasteiger partial charge is 0.421 e. The molecule has 10 heteroatoms. The van der Waals surface area contributed by atoms with Crippen LogP contribution in [0.25, 0.3) is 0 Å². The predicted molar refractivity (Wildman–Crippen MR) is 85.4 cm³/mol. The zero-order valence-electron chi connectivity index (χ0n) is 12.4. The van der Waals surface area contributed by atoms with Gasteiger partial charge in [-0.1, -0.05) is 16.0 Å². The van der Waals surface area contributed by atoms with E-state index in [4.69, 9.17) is 21.8 Å². The highest BCUT2D eigenvalue weighted by atomic mass is 35.5. The molecule has 0 bridgehead atoms. The average Bonchev–Trinajstić information content (AvgIpc) is 2.37. The SMILES string of the molecule is CC(C)(C)[S+]([O-])N=Cc1cc(N(C(=O)O)C(=O)O)c(F)cc1Cl. The second kappa shape index (κ2) is 7.16. The standard InChI is InChI=1S/C13H14ClFN2O5S/c1-13(2,3)23(22)16-6-7-4-10(9(15)5-8(7)14)17(11(18)19)12(20)21/h4-6H,1-3H3,(H,18,19)(H,20,21). The molecular formula is C13H14ClFN2O5S. The van der Waals surface area contributed by atoms with Gasteiger partial charge in [-0.15, -0.1) is 0 Å². The highest BCUT2D eigenvalue weighted by molar-refractivity contribution is 7.91. The summed E-state index contributed by atoms with van der Waals surface area (Å²) in [6.07, 6.45) is -2.67. The van der Waals surface area contributed by atoms with Gasteiger partial charge in [0.05, 0.1) is 16.9 Å². The number of rotatable bonds is 3.